The number of hydrogen-bond donors (Lipinski definition) is 2. The third-order valence-electron chi connectivity index (χ3n) is 6.10. The second-order valence-corrected chi connectivity index (χ2v) is 8.21. The zero-order valence-electron chi connectivity index (χ0n) is 19.6. The third-order valence-corrected chi connectivity index (χ3v) is 6.10. The summed E-state index contributed by atoms with van der Waals surface area (Å²) < 4.78 is 39.6. The molecular weight excluding hydrogens is 455 g/mol. The van der Waals surface area contributed by atoms with E-state index in [2.05, 4.69) is 15.2 Å². The number of pyridine rings is 1. The predicted molar refractivity (Wildman–Crippen MR) is 132 cm³/mol. The molecule has 6 nitrogen and oxygen atoms in total. The lowest BCUT2D eigenvalue weighted by Crippen LogP contribution is -2.48. The average Bonchev–Trinajstić information content (AvgIpc) is 3.29. The molecule has 2 amide bonds. The number of fused-ring (bicyclic) bond motifs is 4. The fourth-order valence-corrected chi connectivity index (χ4v) is 4.39. The van der Waals surface area contributed by atoms with Crippen LogP contribution >= 0.6 is 0 Å². The second kappa shape index (κ2) is 9.95. The van der Waals surface area contributed by atoms with Crippen molar-refractivity contribution in [3.8, 4) is 11.3 Å². The first-order valence-electron chi connectivity index (χ1n) is 11.7. The van der Waals surface area contributed by atoms with Crippen LogP contribution in [0.2, 0.25) is 0 Å². The average molecular weight is 484 g/mol. The first kappa shape index (κ1) is 24.5. The highest BCUT2D eigenvalue weighted by Crippen LogP contribution is 2.41. The Bertz CT molecular complexity index is 1200. The van der Waals surface area contributed by atoms with Crippen molar-refractivity contribution in [3.05, 3.63) is 71.8 Å². The van der Waals surface area contributed by atoms with Crippen molar-refractivity contribution in [2.24, 2.45) is 5.73 Å². The van der Waals surface area contributed by atoms with Crippen LogP contribution in [-0.4, -0.2) is 30.1 Å². The van der Waals surface area contributed by atoms with E-state index >= 15 is 0 Å². The standard InChI is InChI=1S/C24H22F3N5O.C2H6/c25-24(26,27)17-3-1-2-16(12-17)20-8-9-21-22(30-20)32(19-10-11-31(21)14-19)23(33)29-18-6-4-15(13-28)5-7-18;1-2/h1-9,12,19H,10-11,13-14,28H2,(H,29,33);1-2H3/t19-;/m0./s1. The molecule has 2 aliphatic heterocycles. The van der Waals surface area contributed by atoms with Gasteiger partial charge in [-0.15, -0.1) is 0 Å². The van der Waals surface area contributed by atoms with Crippen LogP contribution in [0.4, 0.5) is 35.2 Å². The van der Waals surface area contributed by atoms with Crippen molar-refractivity contribution in [1.29, 1.82) is 0 Å². The van der Waals surface area contributed by atoms with E-state index in [1.54, 1.807) is 29.2 Å². The molecule has 0 unspecified atom stereocenters. The zero-order valence-corrected chi connectivity index (χ0v) is 19.6. The Morgan fingerprint density at radius 3 is 2.54 bits per heavy atom. The number of nitrogens with two attached hydrogens (primary N) is 1. The Kier molecular flexibility index (Phi) is 6.98. The molecule has 1 fully saturated rings. The maximum Gasteiger partial charge on any atom is 0.416 e. The minimum absolute atomic E-state index is 0.0647. The topological polar surface area (TPSA) is 74.5 Å². The van der Waals surface area contributed by atoms with Gasteiger partial charge in [0.05, 0.1) is 23.0 Å². The fraction of sp³-hybridized carbons (Fsp3) is 0.308. The molecule has 0 spiro atoms. The number of rotatable bonds is 3. The van der Waals surface area contributed by atoms with E-state index in [4.69, 9.17) is 5.73 Å². The van der Waals surface area contributed by atoms with E-state index in [0.717, 1.165) is 36.3 Å². The second-order valence-electron chi connectivity index (χ2n) is 8.21. The SMILES string of the molecule is CC.NCc1ccc(NC(=O)N2c3nc(-c4cccc(C(F)(F)F)c4)ccc3N3CC[C@H]2C3)cc1. The molecule has 2 bridgehead atoms. The van der Waals surface area contributed by atoms with Gasteiger partial charge in [0, 0.05) is 30.9 Å². The monoisotopic (exact) mass is 483 g/mol. The molecule has 3 N–H and O–H groups in total. The van der Waals surface area contributed by atoms with E-state index in [-0.39, 0.29) is 12.1 Å². The molecular formula is C26H28F3N5O. The number of hydrogen-bond acceptors (Lipinski definition) is 4. The Hall–Kier alpha value is -3.59. The summed E-state index contributed by atoms with van der Waals surface area (Å²) in [6.07, 6.45) is -3.66. The molecule has 9 heteroatoms. The van der Waals surface area contributed by atoms with E-state index < -0.39 is 11.7 Å². The van der Waals surface area contributed by atoms with Crippen molar-refractivity contribution in [2.45, 2.75) is 39.0 Å². The third kappa shape index (κ3) is 4.95. The molecule has 3 aromatic rings. The van der Waals surface area contributed by atoms with Crippen LogP contribution in [0.15, 0.2) is 60.7 Å². The molecule has 35 heavy (non-hydrogen) atoms. The van der Waals surface area contributed by atoms with Gasteiger partial charge in [0.15, 0.2) is 5.82 Å². The summed E-state index contributed by atoms with van der Waals surface area (Å²) in [5.41, 5.74) is 8.01. The Labute approximate surface area is 202 Å². The fourth-order valence-electron chi connectivity index (χ4n) is 4.39. The highest BCUT2D eigenvalue weighted by Gasteiger charge is 2.40. The highest BCUT2D eigenvalue weighted by molar-refractivity contribution is 6.04. The minimum atomic E-state index is -4.44. The maximum absolute atomic E-state index is 13.3. The summed E-state index contributed by atoms with van der Waals surface area (Å²) in [6, 6.07) is 15.5. The smallest absolute Gasteiger partial charge is 0.366 e. The van der Waals surface area contributed by atoms with Gasteiger partial charge in [-0.3, -0.25) is 4.90 Å². The van der Waals surface area contributed by atoms with E-state index in [1.807, 2.05) is 32.0 Å². The number of nitrogens with one attached hydrogen (secondary N) is 1. The number of aromatic nitrogens is 1. The van der Waals surface area contributed by atoms with Gasteiger partial charge in [-0.25, -0.2) is 9.78 Å². The lowest BCUT2D eigenvalue weighted by Gasteiger charge is -2.36. The number of anilines is 3. The normalized spacial score (nSPS) is 16.3. The van der Waals surface area contributed by atoms with E-state index in [1.165, 1.54) is 6.07 Å². The van der Waals surface area contributed by atoms with Crippen molar-refractivity contribution < 1.29 is 18.0 Å². The van der Waals surface area contributed by atoms with Crippen molar-refractivity contribution in [3.63, 3.8) is 0 Å². The van der Waals surface area contributed by atoms with Crippen LogP contribution in [0.25, 0.3) is 11.3 Å². The number of halogens is 3. The summed E-state index contributed by atoms with van der Waals surface area (Å²) in [5, 5.41) is 2.91. The molecule has 1 aromatic heterocycles. The lowest BCUT2D eigenvalue weighted by molar-refractivity contribution is -0.137. The van der Waals surface area contributed by atoms with Crippen molar-refractivity contribution >= 4 is 23.2 Å². The minimum Gasteiger partial charge on any atom is -0.366 e. The number of nitrogens with zero attached hydrogens (tertiary/aromatic N) is 3. The summed E-state index contributed by atoms with van der Waals surface area (Å²) >= 11 is 0. The largest absolute Gasteiger partial charge is 0.416 e. The Morgan fingerprint density at radius 2 is 1.86 bits per heavy atom. The summed E-state index contributed by atoms with van der Waals surface area (Å²) in [4.78, 5) is 21.7. The van der Waals surface area contributed by atoms with Crippen LogP contribution in [0.1, 0.15) is 31.4 Å². The van der Waals surface area contributed by atoms with Crippen molar-refractivity contribution in [2.75, 3.05) is 28.2 Å². The lowest BCUT2D eigenvalue weighted by atomic mass is 10.1. The van der Waals surface area contributed by atoms with Crippen LogP contribution < -0.4 is 20.9 Å². The van der Waals surface area contributed by atoms with E-state index in [0.29, 0.717) is 35.9 Å². The Morgan fingerprint density at radius 1 is 1.11 bits per heavy atom. The number of urea groups is 1. The van der Waals surface area contributed by atoms with E-state index in [9.17, 15) is 18.0 Å². The molecule has 0 aliphatic carbocycles. The van der Waals surface area contributed by atoms with Gasteiger partial charge in [0.2, 0.25) is 0 Å². The highest BCUT2D eigenvalue weighted by atomic mass is 19.4. The quantitative estimate of drug-likeness (QED) is 0.488. The number of amides is 2. The van der Waals surface area contributed by atoms with Crippen LogP contribution in [0.3, 0.4) is 0 Å². The van der Waals surface area contributed by atoms with Crippen LogP contribution in [0, 0.1) is 0 Å². The summed E-state index contributed by atoms with van der Waals surface area (Å²) in [5.74, 6) is 0.453. The molecule has 0 saturated carbocycles. The van der Waals surface area contributed by atoms with Crippen LogP contribution in [-0.2, 0) is 12.7 Å². The molecule has 5 rings (SSSR count). The number of carbonyl (C=O) groups is 1. The van der Waals surface area contributed by atoms with Gasteiger partial charge in [-0.05, 0) is 48.4 Å². The molecule has 184 valence electrons. The molecule has 0 radical (unpaired) electrons. The summed E-state index contributed by atoms with van der Waals surface area (Å²) in [7, 11) is 0. The van der Waals surface area contributed by atoms with Gasteiger partial charge in [-0.2, -0.15) is 13.2 Å². The number of benzene rings is 2. The van der Waals surface area contributed by atoms with Crippen molar-refractivity contribution in [1.82, 2.24) is 4.98 Å². The zero-order chi connectivity index (χ0) is 25.2. The molecule has 2 aromatic carbocycles. The predicted octanol–water partition coefficient (Wildman–Crippen LogP) is 5.88. The number of carbonyl (C=O) groups excluding carboxylic acids is 1. The van der Waals surface area contributed by atoms with Gasteiger partial charge in [0.25, 0.3) is 0 Å². The van der Waals surface area contributed by atoms with Gasteiger partial charge in [0.1, 0.15) is 0 Å². The van der Waals surface area contributed by atoms with Gasteiger partial charge in [-0.1, -0.05) is 38.1 Å². The first-order chi connectivity index (χ1) is 16.8. The van der Waals surface area contributed by atoms with Gasteiger partial charge < -0.3 is 16.0 Å². The maximum atomic E-state index is 13.3. The molecule has 3 heterocycles. The van der Waals surface area contributed by atoms with Crippen LogP contribution in [0.5, 0.6) is 0 Å². The molecule has 1 saturated heterocycles. The Balaban J connectivity index is 0.00000141. The summed E-state index contributed by atoms with van der Waals surface area (Å²) in [6.45, 7) is 5.89. The van der Waals surface area contributed by atoms with Gasteiger partial charge >= 0.3 is 12.2 Å². The first-order valence-corrected chi connectivity index (χ1v) is 11.7. The molecule has 2 aliphatic rings. The molecule has 1 atom stereocenters. The number of alkyl halides is 3.